The molecular weight excluding hydrogens is 352 g/mol. The Balaban J connectivity index is 1.96. The van der Waals surface area contributed by atoms with Crippen LogP contribution in [0, 0.1) is 10.1 Å². The van der Waals surface area contributed by atoms with Crippen molar-refractivity contribution in [3.63, 3.8) is 0 Å². The molecule has 1 unspecified atom stereocenters. The van der Waals surface area contributed by atoms with Gasteiger partial charge in [-0.25, -0.2) is 4.79 Å². The highest BCUT2D eigenvalue weighted by molar-refractivity contribution is 5.98. The average molecular weight is 370 g/mol. The number of rotatable bonds is 5. The van der Waals surface area contributed by atoms with Gasteiger partial charge in [-0.05, 0) is 36.6 Å². The molecule has 2 aromatic rings. The maximum atomic E-state index is 13.0. The van der Waals surface area contributed by atoms with Crippen LogP contribution < -0.4 is 4.74 Å². The van der Waals surface area contributed by atoms with E-state index in [0.717, 1.165) is 30.5 Å². The molecule has 1 heterocycles. The first-order valence-corrected chi connectivity index (χ1v) is 8.38. The monoisotopic (exact) mass is 370 g/mol. The fourth-order valence-corrected chi connectivity index (χ4v) is 3.33. The SMILES string of the molecule is COc1cccc(C2CCCN2C(=O)c2cc(C(=O)O)cc([N+](=O)[O-])c2)c1. The van der Waals surface area contributed by atoms with E-state index in [1.54, 1.807) is 12.0 Å². The van der Waals surface area contributed by atoms with Gasteiger partial charge in [-0.1, -0.05) is 12.1 Å². The van der Waals surface area contributed by atoms with Crippen LogP contribution in [-0.4, -0.2) is 40.5 Å². The van der Waals surface area contributed by atoms with Crippen molar-refractivity contribution < 1.29 is 24.4 Å². The number of methoxy groups -OCH3 is 1. The first kappa shape index (κ1) is 18.4. The Morgan fingerprint density at radius 3 is 2.63 bits per heavy atom. The predicted molar refractivity (Wildman–Crippen MR) is 96.1 cm³/mol. The summed E-state index contributed by atoms with van der Waals surface area (Å²) in [7, 11) is 1.56. The molecule has 0 spiro atoms. The molecule has 8 heteroatoms. The largest absolute Gasteiger partial charge is 0.497 e. The number of benzene rings is 2. The Hall–Kier alpha value is -3.42. The summed E-state index contributed by atoms with van der Waals surface area (Å²) in [6, 6.07) is 10.5. The Bertz CT molecular complexity index is 879. The first-order valence-electron chi connectivity index (χ1n) is 8.38. The molecule has 0 aromatic heterocycles. The zero-order valence-corrected chi connectivity index (χ0v) is 14.6. The Labute approximate surface area is 155 Å². The number of carboxylic acids is 1. The smallest absolute Gasteiger partial charge is 0.335 e. The van der Waals surface area contributed by atoms with Gasteiger partial charge in [-0.2, -0.15) is 0 Å². The fraction of sp³-hybridized carbons (Fsp3) is 0.263. The van der Waals surface area contributed by atoms with Gasteiger partial charge in [0.15, 0.2) is 0 Å². The lowest BCUT2D eigenvalue weighted by Crippen LogP contribution is -2.30. The van der Waals surface area contributed by atoms with Crippen molar-refractivity contribution in [3.8, 4) is 5.75 Å². The third-order valence-electron chi connectivity index (χ3n) is 4.61. The number of nitro groups is 1. The molecule has 3 rings (SSSR count). The third kappa shape index (κ3) is 3.74. The van der Waals surface area contributed by atoms with Crippen molar-refractivity contribution in [2.45, 2.75) is 18.9 Å². The summed E-state index contributed by atoms with van der Waals surface area (Å²) in [4.78, 5) is 36.3. The van der Waals surface area contributed by atoms with Gasteiger partial charge in [-0.3, -0.25) is 14.9 Å². The average Bonchev–Trinajstić information content (AvgIpc) is 3.16. The third-order valence-corrected chi connectivity index (χ3v) is 4.61. The van der Waals surface area contributed by atoms with Gasteiger partial charge in [0.2, 0.25) is 0 Å². The highest BCUT2D eigenvalue weighted by atomic mass is 16.6. The zero-order chi connectivity index (χ0) is 19.6. The molecule has 2 aromatic carbocycles. The van der Waals surface area contributed by atoms with E-state index in [-0.39, 0.29) is 17.2 Å². The minimum absolute atomic E-state index is 0.00334. The first-order chi connectivity index (χ1) is 12.9. The molecule has 27 heavy (non-hydrogen) atoms. The van der Waals surface area contributed by atoms with E-state index >= 15 is 0 Å². The van der Waals surface area contributed by atoms with Crippen molar-refractivity contribution in [2.24, 2.45) is 0 Å². The molecule has 0 bridgehead atoms. The van der Waals surface area contributed by atoms with E-state index in [1.165, 1.54) is 6.07 Å². The van der Waals surface area contributed by atoms with E-state index in [1.807, 2.05) is 24.3 Å². The summed E-state index contributed by atoms with van der Waals surface area (Å²) in [6.07, 6.45) is 1.54. The molecule has 0 aliphatic carbocycles. The van der Waals surface area contributed by atoms with Crippen molar-refractivity contribution in [1.82, 2.24) is 4.90 Å². The second-order valence-electron chi connectivity index (χ2n) is 6.26. The van der Waals surface area contributed by atoms with Gasteiger partial charge in [0.05, 0.1) is 23.6 Å². The van der Waals surface area contributed by atoms with Gasteiger partial charge in [0, 0.05) is 24.2 Å². The molecule has 1 saturated heterocycles. The summed E-state index contributed by atoms with van der Waals surface area (Å²) in [5.41, 5.74) is 0.195. The molecule has 1 amide bonds. The van der Waals surface area contributed by atoms with Crippen LogP contribution in [0.5, 0.6) is 5.75 Å². The van der Waals surface area contributed by atoms with Crippen molar-refractivity contribution in [3.05, 3.63) is 69.3 Å². The topological polar surface area (TPSA) is 110 Å². The van der Waals surface area contributed by atoms with Crippen molar-refractivity contribution in [2.75, 3.05) is 13.7 Å². The number of carbonyl (C=O) groups is 2. The van der Waals surface area contributed by atoms with Crippen molar-refractivity contribution in [1.29, 1.82) is 0 Å². The minimum Gasteiger partial charge on any atom is -0.497 e. The Morgan fingerprint density at radius 1 is 1.22 bits per heavy atom. The molecule has 1 N–H and O–H groups in total. The van der Waals surface area contributed by atoms with Crippen LogP contribution in [0.15, 0.2) is 42.5 Å². The number of ether oxygens (including phenoxy) is 1. The number of hydrogen-bond acceptors (Lipinski definition) is 5. The second kappa shape index (κ2) is 7.45. The highest BCUT2D eigenvalue weighted by Crippen LogP contribution is 2.35. The van der Waals surface area contributed by atoms with Crippen LogP contribution in [0.2, 0.25) is 0 Å². The van der Waals surface area contributed by atoms with Gasteiger partial charge in [0.1, 0.15) is 5.75 Å². The van der Waals surface area contributed by atoms with E-state index < -0.39 is 22.5 Å². The van der Waals surface area contributed by atoms with Gasteiger partial charge in [-0.15, -0.1) is 0 Å². The lowest BCUT2D eigenvalue weighted by molar-refractivity contribution is -0.384. The number of aromatic carboxylic acids is 1. The zero-order valence-electron chi connectivity index (χ0n) is 14.6. The number of likely N-dealkylation sites (tertiary alicyclic amines) is 1. The standard InChI is InChI=1S/C19H18N2O6/c1-27-16-5-2-4-12(11-16)17-6-3-7-20(17)18(22)13-8-14(19(23)24)10-15(9-13)21(25)26/h2,4-5,8-11,17H,3,6-7H2,1H3,(H,23,24). The van der Waals surface area contributed by atoms with Crippen molar-refractivity contribution >= 4 is 17.6 Å². The number of non-ortho nitro benzene ring substituents is 1. The molecule has 0 radical (unpaired) electrons. The number of carboxylic acid groups (broad SMARTS) is 1. The highest BCUT2D eigenvalue weighted by Gasteiger charge is 2.32. The molecule has 0 saturated carbocycles. The number of amides is 1. The summed E-state index contributed by atoms with van der Waals surface area (Å²) in [6.45, 7) is 0.492. The number of nitrogens with zero attached hydrogens (tertiary/aromatic N) is 2. The minimum atomic E-state index is -1.32. The normalized spacial score (nSPS) is 16.2. The second-order valence-corrected chi connectivity index (χ2v) is 6.26. The summed E-state index contributed by atoms with van der Waals surface area (Å²) >= 11 is 0. The summed E-state index contributed by atoms with van der Waals surface area (Å²) in [5, 5.41) is 20.3. The van der Waals surface area contributed by atoms with E-state index in [4.69, 9.17) is 4.74 Å². The van der Waals surface area contributed by atoms with Crippen LogP contribution >= 0.6 is 0 Å². The molecular formula is C19H18N2O6. The van der Waals surface area contributed by atoms with Crippen LogP contribution in [0.3, 0.4) is 0 Å². The van der Waals surface area contributed by atoms with Crippen LogP contribution in [0.4, 0.5) is 5.69 Å². The lowest BCUT2D eigenvalue weighted by atomic mass is 10.0. The fourth-order valence-electron chi connectivity index (χ4n) is 3.33. The molecule has 140 valence electrons. The Morgan fingerprint density at radius 2 is 1.96 bits per heavy atom. The quantitative estimate of drug-likeness (QED) is 0.639. The van der Waals surface area contributed by atoms with Crippen LogP contribution in [-0.2, 0) is 0 Å². The summed E-state index contributed by atoms with van der Waals surface area (Å²) in [5.74, 6) is -1.07. The number of carbonyl (C=O) groups excluding carboxylic acids is 1. The van der Waals surface area contributed by atoms with Gasteiger partial charge in [0.25, 0.3) is 11.6 Å². The van der Waals surface area contributed by atoms with E-state index in [2.05, 4.69) is 0 Å². The molecule has 1 aliphatic rings. The molecule has 8 nitrogen and oxygen atoms in total. The van der Waals surface area contributed by atoms with Gasteiger partial charge < -0.3 is 14.7 Å². The lowest BCUT2D eigenvalue weighted by Gasteiger charge is -2.25. The van der Waals surface area contributed by atoms with E-state index in [0.29, 0.717) is 12.3 Å². The Kier molecular flexibility index (Phi) is 5.07. The number of hydrogen-bond donors (Lipinski definition) is 1. The van der Waals surface area contributed by atoms with Gasteiger partial charge >= 0.3 is 5.97 Å². The van der Waals surface area contributed by atoms with Crippen LogP contribution in [0.25, 0.3) is 0 Å². The van der Waals surface area contributed by atoms with E-state index in [9.17, 15) is 24.8 Å². The maximum Gasteiger partial charge on any atom is 0.335 e. The molecule has 1 fully saturated rings. The number of nitro benzene ring substituents is 1. The maximum absolute atomic E-state index is 13.0. The van der Waals surface area contributed by atoms with Crippen LogP contribution in [0.1, 0.15) is 45.2 Å². The molecule has 1 atom stereocenters. The molecule has 1 aliphatic heterocycles. The summed E-state index contributed by atoms with van der Waals surface area (Å²) < 4.78 is 5.24. The predicted octanol–water partition coefficient (Wildman–Crippen LogP) is 3.28.